The van der Waals surface area contributed by atoms with Crippen molar-refractivity contribution in [3.8, 4) is 0 Å². The highest BCUT2D eigenvalue weighted by Gasteiger charge is 2.10. The smallest absolute Gasteiger partial charge is 0.148 e. The standard InChI is InChI=1S/C8H19NO2S/c1-7(2)4-5-8(9)6-12(3,10)11/h7-8H,4-6,9H2,1-3H3. The Morgan fingerprint density at radius 2 is 1.75 bits per heavy atom. The lowest BCUT2D eigenvalue weighted by Crippen LogP contribution is -2.29. The molecule has 0 saturated carbocycles. The predicted octanol–water partition coefficient (Wildman–Crippen LogP) is 0.795. The lowest BCUT2D eigenvalue weighted by atomic mass is 10.1. The molecule has 0 aliphatic heterocycles. The molecule has 0 aromatic carbocycles. The fourth-order valence-electron chi connectivity index (χ4n) is 1.02. The van der Waals surface area contributed by atoms with Crippen LogP contribution >= 0.6 is 0 Å². The van der Waals surface area contributed by atoms with E-state index in [-0.39, 0.29) is 11.8 Å². The Balaban J connectivity index is 3.68. The van der Waals surface area contributed by atoms with Crippen molar-refractivity contribution >= 4 is 9.84 Å². The van der Waals surface area contributed by atoms with Gasteiger partial charge in [0.2, 0.25) is 0 Å². The van der Waals surface area contributed by atoms with Crippen LogP contribution in [-0.2, 0) is 9.84 Å². The van der Waals surface area contributed by atoms with Gasteiger partial charge >= 0.3 is 0 Å². The minimum atomic E-state index is -2.90. The van der Waals surface area contributed by atoms with E-state index in [1.165, 1.54) is 6.26 Å². The third-order valence-electron chi connectivity index (χ3n) is 1.63. The second-order valence-corrected chi connectivity index (χ2v) is 6.01. The van der Waals surface area contributed by atoms with Crippen LogP contribution in [0.25, 0.3) is 0 Å². The zero-order valence-corrected chi connectivity index (χ0v) is 8.89. The summed E-state index contributed by atoms with van der Waals surface area (Å²) in [5.41, 5.74) is 5.63. The molecule has 1 atom stereocenters. The maximum absolute atomic E-state index is 10.8. The van der Waals surface area contributed by atoms with E-state index in [4.69, 9.17) is 5.73 Å². The maximum Gasteiger partial charge on any atom is 0.148 e. The number of sulfone groups is 1. The minimum absolute atomic E-state index is 0.111. The third-order valence-corrected chi connectivity index (χ3v) is 2.67. The molecule has 0 rings (SSSR count). The molecule has 0 aromatic rings. The Morgan fingerprint density at radius 1 is 1.25 bits per heavy atom. The Bertz CT molecular complexity index is 209. The molecule has 12 heavy (non-hydrogen) atoms. The summed E-state index contributed by atoms with van der Waals surface area (Å²) in [7, 11) is -2.90. The first-order valence-corrected chi connectivity index (χ1v) is 6.30. The van der Waals surface area contributed by atoms with E-state index in [0.717, 1.165) is 12.8 Å². The van der Waals surface area contributed by atoms with Gasteiger partial charge in [-0.25, -0.2) is 8.42 Å². The second kappa shape index (κ2) is 4.82. The van der Waals surface area contributed by atoms with Crippen molar-refractivity contribution in [2.45, 2.75) is 32.7 Å². The number of rotatable bonds is 5. The zero-order chi connectivity index (χ0) is 9.78. The van der Waals surface area contributed by atoms with E-state index in [0.29, 0.717) is 5.92 Å². The van der Waals surface area contributed by atoms with Crippen LogP contribution in [0.4, 0.5) is 0 Å². The zero-order valence-electron chi connectivity index (χ0n) is 8.08. The highest BCUT2D eigenvalue weighted by Crippen LogP contribution is 2.06. The first-order chi connectivity index (χ1) is 5.31. The monoisotopic (exact) mass is 193 g/mol. The molecule has 0 fully saturated rings. The van der Waals surface area contributed by atoms with Crippen molar-refractivity contribution in [3.63, 3.8) is 0 Å². The predicted molar refractivity (Wildman–Crippen MR) is 51.8 cm³/mol. The fourth-order valence-corrected chi connectivity index (χ4v) is 1.96. The van der Waals surface area contributed by atoms with Crippen molar-refractivity contribution in [1.82, 2.24) is 0 Å². The van der Waals surface area contributed by atoms with Crippen LogP contribution in [0.5, 0.6) is 0 Å². The molecule has 2 N–H and O–H groups in total. The maximum atomic E-state index is 10.8. The second-order valence-electron chi connectivity index (χ2n) is 3.82. The molecule has 0 heterocycles. The Morgan fingerprint density at radius 3 is 2.08 bits per heavy atom. The fraction of sp³-hybridized carbons (Fsp3) is 1.00. The normalized spacial score (nSPS) is 15.1. The lowest BCUT2D eigenvalue weighted by molar-refractivity contribution is 0.510. The van der Waals surface area contributed by atoms with Gasteiger partial charge in [0.15, 0.2) is 0 Å². The van der Waals surface area contributed by atoms with Gasteiger partial charge in [-0.05, 0) is 18.8 Å². The van der Waals surface area contributed by atoms with Crippen LogP contribution in [0.1, 0.15) is 26.7 Å². The van der Waals surface area contributed by atoms with Crippen molar-refractivity contribution in [2.24, 2.45) is 11.7 Å². The summed E-state index contributed by atoms with van der Waals surface area (Å²) in [6.45, 7) is 4.21. The molecule has 4 heteroatoms. The van der Waals surface area contributed by atoms with Crippen LogP contribution in [0.2, 0.25) is 0 Å². The van der Waals surface area contributed by atoms with Gasteiger partial charge < -0.3 is 5.73 Å². The van der Waals surface area contributed by atoms with E-state index in [9.17, 15) is 8.42 Å². The Hall–Kier alpha value is -0.0900. The average Bonchev–Trinajstić information content (AvgIpc) is 1.79. The topological polar surface area (TPSA) is 60.2 Å². The van der Waals surface area contributed by atoms with E-state index in [2.05, 4.69) is 13.8 Å². The first-order valence-electron chi connectivity index (χ1n) is 4.24. The van der Waals surface area contributed by atoms with E-state index >= 15 is 0 Å². The lowest BCUT2D eigenvalue weighted by Gasteiger charge is -2.11. The van der Waals surface area contributed by atoms with Crippen LogP contribution in [0.3, 0.4) is 0 Å². The molecule has 0 radical (unpaired) electrons. The number of nitrogens with two attached hydrogens (primary N) is 1. The molecule has 0 spiro atoms. The van der Waals surface area contributed by atoms with Gasteiger partial charge in [0.25, 0.3) is 0 Å². The third kappa shape index (κ3) is 8.01. The van der Waals surface area contributed by atoms with Crippen LogP contribution in [0, 0.1) is 5.92 Å². The number of hydrogen-bond acceptors (Lipinski definition) is 3. The largest absolute Gasteiger partial charge is 0.327 e. The van der Waals surface area contributed by atoms with Gasteiger partial charge in [-0.3, -0.25) is 0 Å². The molecule has 0 bridgehead atoms. The van der Waals surface area contributed by atoms with Crippen LogP contribution < -0.4 is 5.73 Å². The first kappa shape index (κ1) is 11.9. The molecule has 0 aliphatic rings. The highest BCUT2D eigenvalue weighted by atomic mass is 32.2. The van der Waals surface area contributed by atoms with E-state index < -0.39 is 9.84 Å². The van der Waals surface area contributed by atoms with Crippen molar-refractivity contribution in [1.29, 1.82) is 0 Å². The minimum Gasteiger partial charge on any atom is -0.327 e. The molecule has 0 saturated heterocycles. The van der Waals surface area contributed by atoms with E-state index in [1.54, 1.807) is 0 Å². The summed E-state index contributed by atoms with van der Waals surface area (Å²) < 4.78 is 21.6. The van der Waals surface area contributed by atoms with Crippen LogP contribution in [0.15, 0.2) is 0 Å². The summed E-state index contributed by atoms with van der Waals surface area (Å²) in [5.74, 6) is 0.704. The molecule has 0 amide bonds. The highest BCUT2D eigenvalue weighted by molar-refractivity contribution is 7.90. The van der Waals surface area contributed by atoms with Gasteiger partial charge in [0.1, 0.15) is 9.84 Å². The van der Waals surface area contributed by atoms with Gasteiger partial charge in [-0.1, -0.05) is 13.8 Å². The Labute approximate surface area is 75.3 Å². The number of hydrogen-bond donors (Lipinski definition) is 1. The molecule has 3 nitrogen and oxygen atoms in total. The summed E-state index contributed by atoms with van der Waals surface area (Å²) in [6.07, 6.45) is 3.02. The quantitative estimate of drug-likeness (QED) is 0.702. The summed E-state index contributed by atoms with van der Waals surface area (Å²) in [5, 5.41) is 0. The summed E-state index contributed by atoms with van der Waals surface area (Å²) in [4.78, 5) is 0. The molecule has 0 aromatic heterocycles. The Kier molecular flexibility index (Phi) is 4.78. The van der Waals surface area contributed by atoms with Crippen molar-refractivity contribution in [2.75, 3.05) is 12.0 Å². The summed E-state index contributed by atoms with van der Waals surface area (Å²) in [6, 6.07) is -0.192. The molecule has 0 aliphatic carbocycles. The van der Waals surface area contributed by atoms with E-state index in [1.807, 2.05) is 0 Å². The summed E-state index contributed by atoms with van der Waals surface area (Å²) >= 11 is 0. The van der Waals surface area contributed by atoms with Gasteiger partial charge in [-0.15, -0.1) is 0 Å². The van der Waals surface area contributed by atoms with Gasteiger partial charge in [-0.2, -0.15) is 0 Å². The van der Waals surface area contributed by atoms with Crippen molar-refractivity contribution in [3.05, 3.63) is 0 Å². The molecule has 1 unspecified atom stereocenters. The van der Waals surface area contributed by atoms with Crippen LogP contribution in [-0.4, -0.2) is 26.5 Å². The average molecular weight is 193 g/mol. The molecule has 74 valence electrons. The molecular formula is C8H19NO2S. The SMILES string of the molecule is CC(C)CCC(N)CS(C)(=O)=O. The van der Waals surface area contributed by atoms with Gasteiger partial charge in [0, 0.05) is 12.3 Å². The van der Waals surface area contributed by atoms with Gasteiger partial charge in [0.05, 0.1) is 5.75 Å². The van der Waals surface area contributed by atoms with Crippen molar-refractivity contribution < 1.29 is 8.42 Å². The molecular weight excluding hydrogens is 174 g/mol.